The summed E-state index contributed by atoms with van der Waals surface area (Å²) in [5.74, 6) is -3.77. The van der Waals surface area contributed by atoms with Crippen LogP contribution in [0.4, 0.5) is 4.79 Å². The molecule has 1 heterocycles. The van der Waals surface area contributed by atoms with Gasteiger partial charge in [0.05, 0.1) is 19.8 Å². The Balaban J connectivity index is 1.60. The normalized spacial score (nSPS) is 15.5. The highest BCUT2D eigenvalue weighted by Crippen LogP contribution is 2.19. The molecule has 5 N–H and O–H groups in total. The molecule has 1 saturated heterocycles. The van der Waals surface area contributed by atoms with E-state index in [1.807, 2.05) is 30.3 Å². The third-order valence-corrected chi connectivity index (χ3v) is 7.53. The molecule has 2 aromatic carbocycles. The summed E-state index contributed by atoms with van der Waals surface area (Å²) in [6.45, 7) is 5.38. The average Bonchev–Trinajstić information content (AvgIpc) is 3.10. The first-order valence-electron chi connectivity index (χ1n) is 16.9. The van der Waals surface area contributed by atoms with E-state index in [2.05, 4.69) is 21.3 Å². The molecule has 1 fully saturated rings. The minimum atomic E-state index is -1.24. The summed E-state index contributed by atoms with van der Waals surface area (Å²) < 4.78 is 17.0. The number of carbonyl (C=O) groups excluding carboxylic acids is 5. The van der Waals surface area contributed by atoms with E-state index >= 15 is 0 Å². The molecule has 0 radical (unpaired) electrons. The summed E-state index contributed by atoms with van der Waals surface area (Å²) in [6.07, 6.45) is -0.319. The Bertz CT molecular complexity index is 1450. The number of carboxylic acids is 1. The third kappa shape index (κ3) is 15.6. The maximum Gasteiger partial charge on any atom is 0.412 e. The lowest BCUT2D eigenvalue weighted by Crippen LogP contribution is -2.53. The van der Waals surface area contributed by atoms with E-state index in [4.69, 9.17) is 19.3 Å². The molecule has 5 amide bonds. The van der Waals surface area contributed by atoms with Crippen LogP contribution in [0, 0.1) is 0 Å². The van der Waals surface area contributed by atoms with Crippen molar-refractivity contribution in [3.05, 3.63) is 71.8 Å². The number of benzene rings is 2. The number of nitrogens with zero attached hydrogens (tertiary/aromatic N) is 1. The van der Waals surface area contributed by atoms with Crippen LogP contribution >= 0.6 is 0 Å². The summed E-state index contributed by atoms with van der Waals surface area (Å²) in [6, 6.07) is 16.1. The van der Waals surface area contributed by atoms with Crippen molar-refractivity contribution in [2.75, 3.05) is 32.8 Å². The number of ether oxygens (including phenoxy) is 3. The zero-order valence-corrected chi connectivity index (χ0v) is 29.4. The second-order valence-electron chi connectivity index (χ2n) is 13.0. The van der Waals surface area contributed by atoms with Gasteiger partial charge in [0.2, 0.25) is 23.6 Å². The summed E-state index contributed by atoms with van der Waals surface area (Å²) in [7, 11) is 0. The first kappa shape index (κ1) is 40.4. The Labute approximate surface area is 297 Å². The number of rotatable bonds is 18. The lowest BCUT2D eigenvalue weighted by Gasteiger charge is -2.36. The van der Waals surface area contributed by atoms with Gasteiger partial charge in [-0.15, -0.1) is 0 Å². The first-order valence-corrected chi connectivity index (χ1v) is 16.9. The van der Waals surface area contributed by atoms with Crippen molar-refractivity contribution in [1.82, 2.24) is 26.2 Å². The largest absolute Gasteiger partial charge is 0.480 e. The van der Waals surface area contributed by atoms with Crippen LogP contribution in [-0.2, 0) is 51.2 Å². The molecular formula is C36H49N5O10. The summed E-state index contributed by atoms with van der Waals surface area (Å²) in [5.41, 5.74) is 0.952. The molecule has 15 heteroatoms. The molecule has 2 aromatic rings. The van der Waals surface area contributed by atoms with Crippen LogP contribution in [0.1, 0.15) is 57.6 Å². The molecule has 3 atom stereocenters. The number of nitrogens with one attached hydrogen (secondary N) is 4. The number of carbonyl (C=O) groups is 6. The van der Waals surface area contributed by atoms with Gasteiger partial charge in [0.1, 0.15) is 30.5 Å². The predicted molar refractivity (Wildman–Crippen MR) is 185 cm³/mol. The molecule has 15 nitrogen and oxygen atoms in total. The minimum Gasteiger partial charge on any atom is -0.480 e. The Morgan fingerprint density at radius 3 is 2.12 bits per heavy atom. The monoisotopic (exact) mass is 711 g/mol. The molecule has 1 aliphatic rings. The van der Waals surface area contributed by atoms with E-state index in [9.17, 15) is 28.8 Å². The van der Waals surface area contributed by atoms with E-state index in [-0.39, 0.29) is 38.9 Å². The lowest BCUT2D eigenvalue weighted by atomic mass is 10.1. The van der Waals surface area contributed by atoms with Gasteiger partial charge in [0.25, 0.3) is 0 Å². The maximum atomic E-state index is 13.3. The Morgan fingerprint density at radius 1 is 0.863 bits per heavy atom. The van der Waals surface area contributed by atoms with Gasteiger partial charge in [-0.3, -0.25) is 28.9 Å². The molecule has 3 rings (SSSR count). The molecular weight excluding hydrogens is 662 g/mol. The van der Waals surface area contributed by atoms with Gasteiger partial charge in [-0.1, -0.05) is 60.7 Å². The number of hydrogen-bond donors (Lipinski definition) is 5. The molecule has 1 aliphatic heterocycles. The number of hydrogen-bond acceptors (Lipinski definition) is 9. The molecule has 0 spiro atoms. The number of carboxylic acid groups (broad SMARTS) is 1. The quantitative estimate of drug-likeness (QED) is 0.142. The lowest BCUT2D eigenvalue weighted by molar-refractivity contribution is -0.138. The first-order chi connectivity index (χ1) is 24.3. The standard InChI is InChI=1S/C36H49N5O10/c1-36(2,3)51-35(48)41-18-10-19-50-31(41)16-15-29(42)39-27(17-20-49-24-26-13-8-5-9-14-26)33(46)37-22-30(43)40-28(34(47)38-23-32(44)45)21-25-11-6-4-7-12-25/h4-9,11-14,27-28,31H,10,15-24H2,1-3H3,(H,37,46)(H,38,47)(H,39,42)(H,40,43)(H,44,45)/t27-,28-,31?/m0/s1. The van der Waals surface area contributed by atoms with Gasteiger partial charge in [0, 0.05) is 32.4 Å². The van der Waals surface area contributed by atoms with Crippen molar-refractivity contribution in [1.29, 1.82) is 0 Å². The van der Waals surface area contributed by atoms with Crippen LogP contribution < -0.4 is 21.3 Å². The van der Waals surface area contributed by atoms with Crippen molar-refractivity contribution < 1.29 is 48.1 Å². The van der Waals surface area contributed by atoms with Crippen molar-refractivity contribution in [2.45, 2.75) is 83.4 Å². The second-order valence-corrected chi connectivity index (χ2v) is 13.0. The van der Waals surface area contributed by atoms with Gasteiger partial charge in [-0.05, 0) is 44.7 Å². The van der Waals surface area contributed by atoms with Crippen LogP contribution in [0.5, 0.6) is 0 Å². The van der Waals surface area contributed by atoms with Gasteiger partial charge < -0.3 is 40.6 Å². The Kier molecular flexibility index (Phi) is 16.3. The van der Waals surface area contributed by atoms with Crippen molar-refractivity contribution >= 4 is 35.7 Å². The molecule has 51 heavy (non-hydrogen) atoms. The van der Waals surface area contributed by atoms with Gasteiger partial charge in [-0.25, -0.2) is 4.79 Å². The number of amides is 5. The van der Waals surface area contributed by atoms with E-state index in [0.29, 0.717) is 19.6 Å². The molecule has 278 valence electrons. The van der Waals surface area contributed by atoms with Crippen LogP contribution in [0.25, 0.3) is 0 Å². The smallest absolute Gasteiger partial charge is 0.412 e. The number of aliphatic carboxylic acids is 1. The van der Waals surface area contributed by atoms with E-state index < -0.39 is 72.7 Å². The Hall–Kier alpha value is -5.02. The van der Waals surface area contributed by atoms with Crippen molar-refractivity contribution in [3.8, 4) is 0 Å². The molecule has 0 saturated carbocycles. The van der Waals surface area contributed by atoms with Gasteiger partial charge in [0.15, 0.2) is 0 Å². The van der Waals surface area contributed by atoms with E-state index in [0.717, 1.165) is 11.1 Å². The van der Waals surface area contributed by atoms with Crippen molar-refractivity contribution in [2.24, 2.45) is 0 Å². The molecule has 0 bridgehead atoms. The zero-order valence-electron chi connectivity index (χ0n) is 29.4. The molecule has 1 unspecified atom stereocenters. The SMILES string of the molecule is CC(C)(C)OC(=O)N1CCCOC1CCC(=O)N[C@@H](CCOCc1ccccc1)C(=O)NCC(=O)N[C@@H](Cc1ccccc1)C(=O)NCC(=O)O. The maximum absolute atomic E-state index is 13.3. The summed E-state index contributed by atoms with van der Waals surface area (Å²) >= 11 is 0. The van der Waals surface area contributed by atoms with Crippen LogP contribution in [0.15, 0.2) is 60.7 Å². The summed E-state index contributed by atoms with van der Waals surface area (Å²) in [5, 5.41) is 19.0. The highest BCUT2D eigenvalue weighted by Gasteiger charge is 2.32. The summed E-state index contributed by atoms with van der Waals surface area (Å²) in [4.78, 5) is 77.2. The van der Waals surface area contributed by atoms with E-state index in [1.165, 1.54) is 4.90 Å². The van der Waals surface area contributed by atoms with Crippen LogP contribution in [-0.4, -0.2) is 102 Å². The van der Waals surface area contributed by atoms with Crippen molar-refractivity contribution in [3.63, 3.8) is 0 Å². The average molecular weight is 712 g/mol. The van der Waals surface area contributed by atoms with Gasteiger partial charge in [-0.2, -0.15) is 0 Å². The molecule has 0 aromatic heterocycles. The fourth-order valence-corrected chi connectivity index (χ4v) is 5.09. The predicted octanol–water partition coefficient (Wildman–Crippen LogP) is 1.89. The van der Waals surface area contributed by atoms with Crippen LogP contribution in [0.2, 0.25) is 0 Å². The zero-order chi connectivity index (χ0) is 37.2. The highest BCUT2D eigenvalue weighted by molar-refractivity contribution is 5.93. The molecule has 0 aliphatic carbocycles. The Morgan fingerprint density at radius 2 is 1.47 bits per heavy atom. The minimum absolute atomic E-state index is 0.0638. The second kappa shape index (κ2) is 20.6. The van der Waals surface area contributed by atoms with Gasteiger partial charge >= 0.3 is 12.1 Å². The van der Waals surface area contributed by atoms with E-state index in [1.54, 1.807) is 51.1 Å². The highest BCUT2D eigenvalue weighted by atomic mass is 16.6. The topological polar surface area (TPSA) is 202 Å². The third-order valence-electron chi connectivity index (χ3n) is 7.53. The van der Waals surface area contributed by atoms with Crippen LogP contribution in [0.3, 0.4) is 0 Å². The fraction of sp³-hybridized carbons (Fsp3) is 0.500. The fourth-order valence-electron chi connectivity index (χ4n) is 5.09.